The second kappa shape index (κ2) is 18.3. The minimum Gasteiger partial charge on any atom is -0.454 e. The van der Waals surface area contributed by atoms with Gasteiger partial charge in [0.1, 0.15) is 11.2 Å². The number of para-hydroxylation sites is 2. The number of nitrogens with zero attached hydrogens (tertiary/aromatic N) is 2. The van der Waals surface area contributed by atoms with Gasteiger partial charge in [-0.3, -0.25) is 0 Å². The fourth-order valence-corrected chi connectivity index (χ4v) is 17.1. The molecule has 0 saturated heterocycles. The average molecular weight is 1150 g/mol. The maximum absolute atomic E-state index is 7.51. The molecular formula is C86H60N2O2. The van der Waals surface area contributed by atoms with Crippen LogP contribution < -0.4 is 9.80 Å². The molecule has 90 heavy (non-hydrogen) atoms. The Bertz CT molecular complexity index is 5200. The maximum Gasteiger partial charge on any atom is 0.160 e. The minimum atomic E-state index is -0.778. The molecule has 0 saturated carbocycles. The van der Waals surface area contributed by atoms with Crippen LogP contribution in [-0.4, -0.2) is 0 Å². The molecule has 0 unspecified atom stereocenters. The first kappa shape index (κ1) is 51.1. The lowest BCUT2D eigenvalue weighted by atomic mass is 9.68. The summed E-state index contributed by atoms with van der Waals surface area (Å²) in [6, 6.07) is 96.6. The number of furan rings is 2. The Morgan fingerprint density at radius 3 is 0.967 bits per heavy atom. The molecule has 4 aliphatic rings. The predicted octanol–water partition coefficient (Wildman–Crippen LogP) is 23.0. The van der Waals surface area contributed by atoms with Crippen LogP contribution in [0.4, 0.5) is 34.1 Å². The monoisotopic (exact) mass is 1150 g/mol. The van der Waals surface area contributed by atoms with E-state index in [4.69, 9.17) is 8.83 Å². The van der Waals surface area contributed by atoms with Crippen LogP contribution >= 0.6 is 0 Å². The lowest BCUT2D eigenvalue weighted by molar-refractivity contribution is 0.668. The van der Waals surface area contributed by atoms with Gasteiger partial charge >= 0.3 is 0 Å². The molecule has 2 spiro atoms. The van der Waals surface area contributed by atoms with Gasteiger partial charge in [0, 0.05) is 44.3 Å². The van der Waals surface area contributed by atoms with Crippen molar-refractivity contribution in [3.8, 4) is 44.5 Å². The zero-order valence-corrected chi connectivity index (χ0v) is 51.0. The van der Waals surface area contributed by atoms with E-state index in [0.717, 1.165) is 78.0 Å². The van der Waals surface area contributed by atoms with Crippen molar-refractivity contribution in [1.82, 2.24) is 0 Å². The number of hydrogen-bond acceptors (Lipinski definition) is 4. The lowest BCUT2D eigenvalue weighted by Crippen LogP contribution is -2.27. The first-order valence-corrected chi connectivity index (χ1v) is 31.6. The van der Waals surface area contributed by atoms with Crippen LogP contribution in [0.1, 0.15) is 77.9 Å². The van der Waals surface area contributed by atoms with Gasteiger partial charge in [0.2, 0.25) is 0 Å². The first-order chi connectivity index (χ1) is 44.1. The SMILES string of the molecule is Cc1ccc(N(c2ccc(C)cc2C)c2cc3c(c4c2oc2ccccc24)-c2cc4c(cc2C32c3ccccc3-c3ccccc32)-c2c(cc(N(c3ccc(C)cc3)c3ccc(C)cc3C)c3oc5ccccc5c23)C42c3ccccc3-c3ccccc32)cc1. The molecule has 0 amide bonds. The molecular weight excluding hydrogens is 1090 g/mol. The molecule has 0 radical (unpaired) electrons. The van der Waals surface area contributed by atoms with E-state index < -0.39 is 10.8 Å². The number of rotatable bonds is 6. The van der Waals surface area contributed by atoms with Crippen molar-refractivity contribution < 1.29 is 8.83 Å². The number of hydrogen-bond donors (Lipinski definition) is 0. The largest absolute Gasteiger partial charge is 0.454 e. The van der Waals surface area contributed by atoms with Gasteiger partial charge in [-0.05, 0) is 214 Å². The molecule has 15 aromatic rings. The third-order valence-electron chi connectivity index (χ3n) is 20.7. The molecule has 0 N–H and O–H groups in total. The van der Waals surface area contributed by atoms with Crippen molar-refractivity contribution >= 4 is 78.0 Å². The normalized spacial score (nSPS) is 13.8. The third kappa shape index (κ3) is 6.54. The number of aryl methyl sites for hydroxylation is 6. The van der Waals surface area contributed by atoms with Crippen molar-refractivity contribution in [3.05, 3.63) is 333 Å². The van der Waals surface area contributed by atoms with E-state index in [1.165, 1.54) is 122 Å². The van der Waals surface area contributed by atoms with Crippen molar-refractivity contribution in [3.63, 3.8) is 0 Å². The maximum atomic E-state index is 7.51. The van der Waals surface area contributed by atoms with Crippen LogP contribution in [0.3, 0.4) is 0 Å². The summed E-state index contributed by atoms with van der Waals surface area (Å²) >= 11 is 0. The minimum absolute atomic E-state index is 0.778. The molecule has 0 bridgehead atoms. The van der Waals surface area contributed by atoms with Gasteiger partial charge in [-0.2, -0.15) is 0 Å². The van der Waals surface area contributed by atoms with Crippen LogP contribution in [0.25, 0.3) is 88.4 Å². The highest BCUT2D eigenvalue weighted by molar-refractivity contribution is 6.23. The molecule has 19 rings (SSSR count). The van der Waals surface area contributed by atoms with Crippen molar-refractivity contribution in [1.29, 1.82) is 0 Å². The Balaban J connectivity index is 1.01. The van der Waals surface area contributed by atoms with Crippen LogP contribution in [0, 0.1) is 41.5 Å². The van der Waals surface area contributed by atoms with Gasteiger partial charge in [-0.25, -0.2) is 0 Å². The molecule has 4 heteroatoms. The fraction of sp³-hybridized carbons (Fsp3) is 0.0930. The average Bonchev–Trinajstić information content (AvgIpc) is 1.48. The molecule has 0 atom stereocenters. The Hall–Kier alpha value is -10.9. The summed E-state index contributed by atoms with van der Waals surface area (Å²) in [5.74, 6) is 0. The molecule has 4 aliphatic carbocycles. The van der Waals surface area contributed by atoms with Crippen LogP contribution in [0.15, 0.2) is 264 Å². The summed E-state index contributed by atoms with van der Waals surface area (Å²) in [4.78, 5) is 4.94. The van der Waals surface area contributed by atoms with Crippen molar-refractivity contribution in [2.75, 3.05) is 9.80 Å². The highest BCUT2D eigenvalue weighted by Gasteiger charge is 2.58. The highest BCUT2D eigenvalue weighted by Crippen LogP contribution is 2.71. The summed E-state index contributed by atoms with van der Waals surface area (Å²) in [7, 11) is 0. The fourth-order valence-electron chi connectivity index (χ4n) is 17.1. The number of anilines is 6. The van der Waals surface area contributed by atoms with Crippen LogP contribution in [0.2, 0.25) is 0 Å². The molecule has 4 nitrogen and oxygen atoms in total. The van der Waals surface area contributed by atoms with Crippen molar-refractivity contribution in [2.45, 2.75) is 52.4 Å². The second-order valence-electron chi connectivity index (χ2n) is 25.8. The summed E-state index contributed by atoms with van der Waals surface area (Å²) in [6.45, 7) is 13.2. The van der Waals surface area contributed by atoms with E-state index in [9.17, 15) is 0 Å². The quantitative estimate of drug-likeness (QED) is 0.166. The molecule has 0 aliphatic heterocycles. The van der Waals surface area contributed by atoms with Gasteiger partial charge in [-0.1, -0.05) is 204 Å². The van der Waals surface area contributed by atoms with Crippen LogP contribution in [0.5, 0.6) is 0 Å². The predicted molar refractivity (Wildman–Crippen MR) is 371 cm³/mol. The van der Waals surface area contributed by atoms with Gasteiger partial charge in [0.05, 0.1) is 22.2 Å². The molecule has 426 valence electrons. The highest BCUT2D eigenvalue weighted by atomic mass is 16.3. The molecule has 2 aromatic heterocycles. The Morgan fingerprint density at radius 2 is 0.600 bits per heavy atom. The van der Waals surface area contributed by atoms with E-state index >= 15 is 0 Å². The van der Waals surface area contributed by atoms with Gasteiger partial charge in [0.15, 0.2) is 11.2 Å². The van der Waals surface area contributed by atoms with E-state index in [2.05, 4.69) is 306 Å². The van der Waals surface area contributed by atoms with Gasteiger partial charge in [-0.15, -0.1) is 0 Å². The Labute approximate surface area is 523 Å². The topological polar surface area (TPSA) is 32.8 Å². The number of fused-ring (bicyclic) bond motifs is 28. The zero-order valence-electron chi connectivity index (χ0n) is 51.0. The standard InChI is InChI=1S/C86H60N2O2/c1-49-31-37-55(38-32-49)87(73-41-35-51(3)43-53(73)5)75-47-71-79(81-61-23-11-17-29-77(61)89-83(75)81)63-45-70-64(46-69(63)85(71)65-25-13-7-19-57(65)58-20-8-14-26-66(58)85)80-72(86(70)67-27-15-9-21-59(67)60-22-10-16-28-68(60)86)48-76(84-82(80)62-24-12-18-30-78(62)90-84)88(56-39-33-50(2)34-40-56)74-42-36-52(4)44-54(74)6/h7-48H,1-6H3. The zero-order chi connectivity index (χ0) is 60.1. The van der Waals surface area contributed by atoms with Crippen LogP contribution in [-0.2, 0) is 10.8 Å². The van der Waals surface area contributed by atoms with Crippen molar-refractivity contribution in [2.24, 2.45) is 0 Å². The summed E-state index contributed by atoms with van der Waals surface area (Å²) in [5, 5.41) is 4.41. The molecule has 2 heterocycles. The van der Waals surface area contributed by atoms with E-state index in [-0.39, 0.29) is 0 Å². The number of benzene rings is 13. The summed E-state index contributed by atoms with van der Waals surface area (Å²) in [5.41, 5.74) is 35.4. The lowest BCUT2D eigenvalue weighted by Gasteiger charge is -2.33. The Kier molecular flexibility index (Phi) is 10.4. The second-order valence-corrected chi connectivity index (χ2v) is 25.8. The first-order valence-electron chi connectivity index (χ1n) is 31.6. The van der Waals surface area contributed by atoms with E-state index in [1.54, 1.807) is 0 Å². The van der Waals surface area contributed by atoms with E-state index in [0.29, 0.717) is 0 Å². The van der Waals surface area contributed by atoms with Gasteiger partial charge < -0.3 is 18.6 Å². The Morgan fingerprint density at radius 1 is 0.267 bits per heavy atom. The molecule has 13 aromatic carbocycles. The smallest absolute Gasteiger partial charge is 0.160 e. The third-order valence-corrected chi connectivity index (χ3v) is 20.7. The van der Waals surface area contributed by atoms with E-state index in [1.807, 2.05) is 0 Å². The van der Waals surface area contributed by atoms with Gasteiger partial charge in [0.25, 0.3) is 0 Å². The summed E-state index contributed by atoms with van der Waals surface area (Å²) in [6.07, 6.45) is 0. The molecule has 0 fully saturated rings. The summed E-state index contributed by atoms with van der Waals surface area (Å²) < 4.78 is 15.0.